The number of nitrogens with one attached hydrogen (secondary N) is 2. The third-order valence-electron chi connectivity index (χ3n) is 4.73. The molecule has 4 nitrogen and oxygen atoms in total. The minimum absolute atomic E-state index is 0.891. The van der Waals surface area contributed by atoms with Gasteiger partial charge in [0.05, 0.1) is 22.1 Å². The van der Waals surface area contributed by atoms with E-state index in [1.54, 1.807) is 0 Å². The van der Waals surface area contributed by atoms with Crippen molar-refractivity contribution in [1.82, 2.24) is 19.9 Å². The van der Waals surface area contributed by atoms with Gasteiger partial charge in [-0.25, -0.2) is 9.97 Å². The lowest BCUT2D eigenvalue weighted by atomic mass is 10.1. The molecule has 2 N–H and O–H groups in total. The molecule has 0 radical (unpaired) electrons. The minimum Gasteiger partial charge on any atom is -0.338 e. The maximum Gasteiger partial charge on any atom is 0.138 e. The Morgan fingerprint density at radius 3 is 1.38 bits per heavy atom. The average Bonchev–Trinajstić information content (AvgIpc) is 3.23. The molecule has 0 aliphatic heterocycles. The number of aromatic nitrogens is 4. The summed E-state index contributed by atoms with van der Waals surface area (Å²) in [5, 5.41) is 4.45. The number of aromatic amines is 2. The molecule has 4 heteroatoms. The van der Waals surface area contributed by atoms with E-state index in [9.17, 15) is 0 Å². The normalized spacial score (nSPS) is 12.2. The van der Waals surface area contributed by atoms with Crippen LogP contribution in [0.25, 0.3) is 54.9 Å². The molecular weight excluding hydrogens is 296 g/mol. The highest BCUT2D eigenvalue weighted by atomic mass is 14.9. The molecule has 112 valence electrons. The van der Waals surface area contributed by atoms with E-state index in [-0.39, 0.29) is 0 Å². The molecule has 3 aromatic carbocycles. The molecule has 0 saturated heterocycles. The summed E-state index contributed by atoms with van der Waals surface area (Å²) in [5.41, 5.74) is 5.84. The number of fused-ring (bicyclic) bond motifs is 2. The van der Waals surface area contributed by atoms with Crippen LogP contribution in [0.15, 0.2) is 60.7 Å². The quantitative estimate of drug-likeness (QED) is 0.419. The standard InChI is InChI=1S/C20H12N4/c1-2-12-4-3-11(1)19-21-15-7-5-13(9-17(15)23-19)14-6-8-16-18(10-14)24-20(12)22-16/h1-10H,(H,21,23)(H,22,24). The highest BCUT2D eigenvalue weighted by Crippen LogP contribution is 2.24. The van der Waals surface area contributed by atoms with Gasteiger partial charge in [-0.3, -0.25) is 0 Å². The van der Waals surface area contributed by atoms with Gasteiger partial charge in [0, 0.05) is 10.8 Å². The fourth-order valence-corrected chi connectivity index (χ4v) is 3.43. The Kier molecular flexibility index (Phi) is 2.07. The van der Waals surface area contributed by atoms with Crippen molar-refractivity contribution in [1.29, 1.82) is 0 Å². The van der Waals surface area contributed by atoms with E-state index in [1.807, 2.05) is 0 Å². The summed E-state index contributed by atoms with van der Waals surface area (Å²) in [5.74, 6) is 0. The van der Waals surface area contributed by atoms with Crippen LogP contribution in [-0.4, -0.2) is 19.9 Å². The minimum atomic E-state index is 0.891. The maximum absolute atomic E-state index is 4.77. The van der Waals surface area contributed by atoms with E-state index >= 15 is 0 Å². The lowest BCUT2D eigenvalue weighted by Gasteiger charge is -1.95. The molecule has 24 heavy (non-hydrogen) atoms. The van der Waals surface area contributed by atoms with Crippen LogP contribution in [0.2, 0.25) is 0 Å². The highest BCUT2D eigenvalue weighted by Gasteiger charge is 2.05. The van der Waals surface area contributed by atoms with Crippen molar-refractivity contribution in [3.8, 4) is 0 Å². The second-order valence-electron chi connectivity index (χ2n) is 6.21. The fourth-order valence-electron chi connectivity index (χ4n) is 3.43. The number of H-pyrrole nitrogens is 2. The predicted molar refractivity (Wildman–Crippen MR) is 98.3 cm³/mol. The van der Waals surface area contributed by atoms with Crippen LogP contribution in [0.1, 0.15) is 0 Å². The van der Waals surface area contributed by atoms with Gasteiger partial charge in [0.1, 0.15) is 11.3 Å². The van der Waals surface area contributed by atoms with Crippen LogP contribution in [-0.2, 0) is 0 Å². The van der Waals surface area contributed by atoms with Crippen LogP contribution in [0, 0.1) is 0 Å². The monoisotopic (exact) mass is 308 g/mol. The van der Waals surface area contributed by atoms with E-state index in [0.29, 0.717) is 0 Å². The third kappa shape index (κ3) is 1.57. The highest BCUT2D eigenvalue weighted by molar-refractivity contribution is 5.98. The van der Waals surface area contributed by atoms with Crippen molar-refractivity contribution < 1.29 is 0 Å². The Labute approximate surface area is 136 Å². The SMILES string of the molecule is c1cc2[nH]c3nc2cc1c1ccc2[nH]c(nc2c1)c1ccc3cc1. The number of hydrogen-bond acceptors (Lipinski definition) is 2. The van der Waals surface area contributed by atoms with Gasteiger partial charge < -0.3 is 9.97 Å². The van der Waals surface area contributed by atoms with Gasteiger partial charge in [0.15, 0.2) is 0 Å². The summed E-state index contributed by atoms with van der Waals surface area (Å²) < 4.78 is 0. The van der Waals surface area contributed by atoms with E-state index < -0.39 is 0 Å². The Hall–Kier alpha value is -3.40. The predicted octanol–water partition coefficient (Wildman–Crippen LogP) is 4.90. The molecule has 0 aliphatic carbocycles. The van der Waals surface area contributed by atoms with Crippen LogP contribution >= 0.6 is 0 Å². The number of benzene rings is 3. The molecule has 0 saturated carbocycles. The smallest absolute Gasteiger partial charge is 0.138 e. The Morgan fingerprint density at radius 1 is 0.500 bits per heavy atom. The molecule has 8 bridgehead atoms. The zero-order valence-corrected chi connectivity index (χ0v) is 12.7. The van der Waals surface area contributed by atoms with Gasteiger partial charge in [-0.05, 0) is 35.0 Å². The second kappa shape index (κ2) is 4.11. The first-order valence-electron chi connectivity index (χ1n) is 7.94. The lowest BCUT2D eigenvalue weighted by molar-refractivity contribution is 1.46. The number of imidazole rings is 2. The Bertz CT molecular complexity index is 1280. The summed E-state index contributed by atoms with van der Waals surface area (Å²) in [7, 11) is 0. The Balaban J connectivity index is 1.96. The molecule has 0 spiro atoms. The molecule has 4 heterocycles. The van der Waals surface area contributed by atoms with Crippen molar-refractivity contribution in [2.45, 2.75) is 0 Å². The van der Waals surface area contributed by atoms with Crippen molar-refractivity contribution >= 4 is 54.9 Å². The van der Waals surface area contributed by atoms with Crippen LogP contribution in [0.3, 0.4) is 0 Å². The largest absolute Gasteiger partial charge is 0.338 e. The van der Waals surface area contributed by atoms with Crippen molar-refractivity contribution in [2.75, 3.05) is 0 Å². The van der Waals surface area contributed by atoms with Gasteiger partial charge in [0.2, 0.25) is 0 Å². The zero-order chi connectivity index (χ0) is 15.7. The molecule has 4 aromatic heterocycles. The van der Waals surface area contributed by atoms with E-state index in [1.165, 1.54) is 0 Å². The van der Waals surface area contributed by atoms with Gasteiger partial charge in [-0.2, -0.15) is 0 Å². The van der Waals surface area contributed by atoms with Crippen LogP contribution in [0.5, 0.6) is 0 Å². The molecule has 7 aromatic rings. The molecule has 0 fully saturated rings. The van der Waals surface area contributed by atoms with Gasteiger partial charge >= 0.3 is 0 Å². The molecular formula is C20H12N4. The van der Waals surface area contributed by atoms with Crippen LogP contribution < -0.4 is 0 Å². The summed E-state index contributed by atoms with van der Waals surface area (Å²) >= 11 is 0. The van der Waals surface area contributed by atoms with Crippen LogP contribution in [0.4, 0.5) is 0 Å². The van der Waals surface area contributed by atoms with Crippen molar-refractivity contribution in [2.24, 2.45) is 0 Å². The molecule has 7 rings (SSSR count). The molecule has 0 atom stereocenters. The number of rotatable bonds is 0. The first kappa shape index (κ1) is 12.1. The first-order valence-corrected chi connectivity index (χ1v) is 7.94. The maximum atomic E-state index is 4.77. The molecule has 0 amide bonds. The molecule has 0 unspecified atom stereocenters. The topological polar surface area (TPSA) is 57.4 Å². The van der Waals surface area contributed by atoms with Gasteiger partial charge in [-0.15, -0.1) is 0 Å². The first-order chi connectivity index (χ1) is 11.8. The van der Waals surface area contributed by atoms with Crippen molar-refractivity contribution in [3.05, 3.63) is 60.7 Å². The average molecular weight is 308 g/mol. The summed E-state index contributed by atoms with van der Waals surface area (Å²) in [6.07, 6.45) is 0. The van der Waals surface area contributed by atoms with Gasteiger partial charge in [0.25, 0.3) is 0 Å². The summed E-state index contributed by atoms with van der Waals surface area (Å²) in [6.45, 7) is 0. The summed E-state index contributed by atoms with van der Waals surface area (Å²) in [4.78, 5) is 16.4. The van der Waals surface area contributed by atoms with Crippen molar-refractivity contribution in [3.63, 3.8) is 0 Å². The fraction of sp³-hybridized carbons (Fsp3) is 0. The van der Waals surface area contributed by atoms with E-state index in [4.69, 9.17) is 9.97 Å². The van der Waals surface area contributed by atoms with E-state index in [2.05, 4.69) is 70.6 Å². The second-order valence-corrected chi connectivity index (χ2v) is 6.21. The Morgan fingerprint density at radius 2 is 0.917 bits per heavy atom. The third-order valence-corrected chi connectivity index (χ3v) is 4.73. The number of hydrogen-bond donors (Lipinski definition) is 2. The zero-order valence-electron chi connectivity index (χ0n) is 12.7. The number of nitrogens with zero attached hydrogens (tertiary/aromatic N) is 2. The molecule has 0 aliphatic rings. The van der Waals surface area contributed by atoms with Gasteiger partial charge in [-0.1, -0.05) is 36.4 Å². The summed E-state index contributed by atoms with van der Waals surface area (Å²) in [6, 6.07) is 21.0. The van der Waals surface area contributed by atoms with E-state index in [0.717, 1.165) is 54.9 Å². The lowest BCUT2D eigenvalue weighted by Crippen LogP contribution is -1.74.